The van der Waals surface area contributed by atoms with Crippen LogP contribution in [0.4, 0.5) is 5.82 Å². The van der Waals surface area contributed by atoms with Crippen LogP contribution in [-0.4, -0.2) is 31.3 Å². The predicted molar refractivity (Wildman–Crippen MR) is 81.4 cm³/mol. The Morgan fingerprint density at radius 3 is 3.05 bits per heavy atom. The first-order valence-electron chi connectivity index (χ1n) is 7.58. The van der Waals surface area contributed by atoms with Gasteiger partial charge in [-0.15, -0.1) is 0 Å². The summed E-state index contributed by atoms with van der Waals surface area (Å²) in [5.41, 5.74) is 5.61. The maximum Gasteiger partial charge on any atom is 0.253 e. The highest BCUT2D eigenvalue weighted by molar-refractivity contribution is 6.10. The molecule has 1 saturated carbocycles. The fraction of sp³-hybridized carbons (Fsp3) is 0.533. The summed E-state index contributed by atoms with van der Waals surface area (Å²) in [6.07, 6.45) is 4.59. The average Bonchev–Trinajstić information content (AvgIpc) is 2.99. The van der Waals surface area contributed by atoms with Gasteiger partial charge in [0, 0.05) is 18.2 Å². The van der Waals surface area contributed by atoms with Crippen molar-refractivity contribution in [2.24, 2.45) is 11.7 Å². The van der Waals surface area contributed by atoms with Gasteiger partial charge >= 0.3 is 0 Å². The molecule has 4 N–H and O–H groups in total. The molecule has 1 unspecified atom stereocenters. The summed E-state index contributed by atoms with van der Waals surface area (Å²) in [5, 5.41) is 14.5. The molecule has 1 aliphatic heterocycles. The number of primary amides is 1. The van der Waals surface area contributed by atoms with Crippen molar-refractivity contribution < 1.29 is 9.90 Å². The number of nitrogens with zero attached hydrogens (tertiary/aromatic N) is 3. The number of aryl methyl sites for hydroxylation is 1. The molecule has 0 spiro atoms. The van der Waals surface area contributed by atoms with Gasteiger partial charge in [0.25, 0.3) is 5.91 Å². The lowest BCUT2D eigenvalue weighted by molar-refractivity contribution is 0.00225. The van der Waals surface area contributed by atoms with Crippen molar-refractivity contribution >= 4 is 22.8 Å². The van der Waals surface area contributed by atoms with E-state index in [0.717, 1.165) is 24.9 Å². The number of hydrogen-bond donors (Lipinski definition) is 3. The van der Waals surface area contributed by atoms with Gasteiger partial charge in [0.1, 0.15) is 23.0 Å². The molecule has 0 radical (unpaired) electrons. The third-order valence-corrected chi connectivity index (χ3v) is 5.02. The van der Waals surface area contributed by atoms with Gasteiger partial charge < -0.3 is 20.7 Å². The molecule has 0 saturated heterocycles. The third kappa shape index (κ3) is 1.62. The smallest absolute Gasteiger partial charge is 0.253 e. The normalized spacial score (nSPS) is 30.0. The van der Waals surface area contributed by atoms with Crippen LogP contribution in [0.1, 0.15) is 48.4 Å². The van der Waals surface area contributed by atoms with E-state index in [4.69, 9.17) is 5.73 Å². The molecule has 2 aromatic heterocycles. The van der Waals surface area contributed by atoms with Crippen LogP contribution in [-0.2, 0) is 0 Å². The number of hydrogen-bond acceptors (Lipinski definition) is 5. The number of amides is 1. The second-order valence-corrected chi connectivity index (χ2v) is 6.49. The Labute approximate surface area is 127 Å². The molecular formula is C15H19N5O2. The molecule has 22 heavy (non-hydrogen) atoms. The van der Waals surface area contributed by atoms with E-state index < -0.39 is 11.6 Å². The molecule has 1 fully saturated rings. The molecule has 116 valence electrons. The standard InChI is InChI=1S/C15H19N5O2/c1-7-17-6-8-11(12(16)21)14-19-15(2,22)9-4-3-5-10(9)20(14)13(8)18-7/h6,9-10,19,22H,3-5H2,1-2H3,(H2,16,21)/t9-,10-,15?/m1/s1. The summed E-state index contributed by atoms with van der Waals surface area (Å²) in [5.74, 6) is 0.767. The number of carbonyl (C=O) groups is 1. The maximum absolute atomic E-state index is 12.0. The molecule has 4 rings (SSSR count). The first-order chi connectivity index (χ1) is 10.4. The molecular weight excluding hydrogens is 282 g/mol. The number of anilines is 1. The van der Waals surface area contributed by atoms with Gasteiger partial charge in [-0.25, -0.2) is 9.97 Å². The van der Waals surface area contributed by atoms with Crippen molar-refractivity contribution in [3.63, 3.8) is 0 Å². The summed E-state index contributed by atoms with van der Waals surface area (Å²) in [7, 11) is 0. The highest BCUT2D eigenvalue weighted by atomic mass is 16.3. The lowest BCUT2D eigenvalue weighted by Crippen LogP contribution is -2.49. The van der Waals surface area contributed by atoms with Crippen LogP contribution in [0.15, 0.2) is 6.20 Å². The fourth-order valence-electron chi connectivity index (χ4n) is 4.10. The zero-order valence-electron chi connectivity index (χ0n) is 12.6. The minimum Gasteiger partial charge on any atom is -0.371 e. The number of carbonyl (C=O) groups excluding carboxylic acids is 1. The Morgan fingerprint density at radius 1 is 1.55 bits per heavy atom. The van der Waals surface area contributed by atoms with E-state index in [1.54, 1.807) is 13.1 Å². The molecule has 3 atom stereocenters. The van der Waals surface area contributed by atoms with Crippen LogP contribution in [0.3, 0.4) is 0 Å². The van der Waals surface area contributed by atoms with Gasteiger partial charge in [-0.3, -0.25) is 4.79 Å². The van der Waals surface area contributed by atoms with E-state index in [1.807, 2.05) is 11.5 Å². The van der Waals surface area contributed by atoms with Crippen molar-refractivity contribution in [1.29, 1.82) is 0 Å². The number of nitrogens with one attached hydrogen (secondary N) is 1. The largest absolute Gasteiger partial charge is 0.371 e. The molecule has 0 aromatic carbocycles. The summed E-state index contributed by atoms with van der Waals surface area (Å²) >= 11 is 0. The molecule has 3 heterocycles. The Kier molecular flexibility index (Phi) is 2.57. The minimum absolute atomic E-state index is 0.0894. The molecule has 7 nitrogen and oxygen atoms in total. The van der Waals surface area contributed by atoms with Crippen molar-refractivity contribution in [3.05, 3.63) is 17.6 Å². The van der Waals surface area contributed by atoms with Gasteiger partial charge in [-0.2, -0.15) is 0 Å². The van der Waals surface area contributed by atoms with Crippen molar-refractivity contribution in [2.75, 3.05) is 5.32 Å². The first-order valence-corrected chi connectivity index (χ1v) is 7.58. The van der Waals surface area contributed by atoms with E-state index in [0.29, 0.717) is 22.6 Å². The second kappa shape index (κ2) is 4.19. The average molecular weight is 301 g/mol. The highest BCUT2D eigenvalue weighted by Crippen LogP contribution is 2.50. The van der Waals surface area contributed by atoms with Crippen LogP contribution < -0.4 is 11.1 Å². The summed E-state index contributed by atoms with van der Waals surface area (Å²) in [6.45, 7) is 3.58. The van der Waals surface area contributed by atoms with E-state index in [1.165, 1.54) is 0 Å². The lowest BCUT2D eigenvalue weighted by Gasteiger charge is -2.42. The number of nitrogens with two attached hydrogens (primary N) is 1. The molecule has 1 amide bonds. The van der Waals surface area contributed by atoms with Gasteiger partial charge in [0.2, 0.25) is 0 Å². The van der Waals surface area contributed by atoms with Crippen molar-refractivity contribution in [3.8, 4) is 0 Å². The molecule has 7 heteroatoms. The van der Waals surface area contributed by atoms with E-state index in [2.05, 4.69) is 15.3 Å². The number of aromatic nitrogens is 3. The number of fused-ring (bicyclic) bond motifs is 5. The summed E-state index contributed by atoms with van der Waals surface area (Å²) in [4.78, 5) is 20.7. The van der Waals surface area contributed by atoms with Gasteiger partial charge in [0.05, 0.1) is 10.9 Å². The number of aliphatic hydroxyl groups is 1. The monoisotopic (exact) mass is 301 g/mol. The molecule has 0 bridgehead atoms. The number of rotatable bonds is 1. The van der Waals surface area contributed by atoms with E-state index in [-0.39, 0.29) is 12.0 Å². The minimum atomic E-state index is -1.06. The highest BCUT2D eigenvalue weighted by Gasteiger charge is 2.48. The zero-order chi connectivity index (χ0) is 15.6. The third-order valence-electron chi connectivity index (χ3n) is 5.02. The molecule has 2 aromatic rings. The predicted octanol–water partition coefficient (Wildman–Crippen LogP) is 1.31. The van der Waals surface area contributed by atoms with Gasteiger partial charge in [-0.05, 0) is 26.7 Å². The quantitative estimate of drug-likeness (QED) is 0.736. The zero-order valence-corrected chi connectivity index (χ0v) is 12.6. The van der Waals surface area contributed by atoms with Crippen LogP contribution in [0, 0.1) is 12.8 Å². The Hall–Kier alpha value is -2.15. The topological polar surface area (TPSA) is 106 Å². The molecule has 2 aliphatic rings. The maximum atomic E-state index is 12.0. The van der Waals surface area contributed by atoms with Gasteiger partial charge in [-0.1, -0.05) is 6.42 Å². The van der Waals surface area contributed by atoms with Crippen molar-refractivity contribution in [1.82, 2.24) is 14.5 Å². The van der Waals surface area contributed by atoms with Gasteiger partial charge in [0.15, 0.2) is 0 Å². The SMILES string of the molecule is Cc1ncc2c(C(N)=O)c3n(c2n1)[C@@H]1CCC[C@H]1C(C)(O)N3. The Balaban J connectivity index is 2.09. The van der Waals surface area contributed by atoms with E-state index in [9.17, 15) is 9.90 Å². The molecule has 1 aliphatic carbocycles. The summed E-state index contributed by atoms with van der Waals surface area (Å²) in [6, 6.07) is 0.121. The fourth-order valence-corrected chi connectivity index (χ4v) is 4.10. The van der Waals surface area contributed by atoms with Crippen LogP contribution >= 0.6 is 0 Å². The Bertz CT molecular complexity index is 795. The second-order valence-electron chi connectivity index (χ2n) is 6.49. The summed E-state index contributed by atoms with van der Waals surface area (Å²) < 4.78 is 2.04. The van der Waals surface area contributed by atoms with Crippen molar-refractivity contribution in [2.45, 2.75) is 44.9 Å². The first kappa shape index (κ1) is 13.5. The lowest BCUT2D eigenvalue weighted by atomic mass is 9.89. The van der Waals surface area contributed by atoms with E-state index >= 15 is 0 Å². The van der Waals surface area contributed by atoms with Crippen LogP contribution in [0.5, 0.6) is 0 Å². The van der Waals surface area contributed by atoms with Crippen LogP contribution in [0.25, 0.3) is 11.0 Å². The Morgan fingerprint density at radius 2 is 2.32 bits per heavy atom. The van der Waals surface area contributed by atoms with Crippen LogP contribution in [0.2, 0.25) is 0 Å².